The van der Waals surface area contributed by atoms with Gasteiger partial charge < -0.3 is 0 Å². The molecule has 0 heterocycles. The quantitative estimate of drug-likeness (QED) is 0.754. The lowest BCUT2D eigenvalue weighted by Crippen LogP contribution is -2.24. The molecule has 17 heavy (non-hydrogen) atoms. The minimum Gasteiger partial charge on any atom is -0.223 e. The van der Waals surface area contributed by atoms with Crippen molar-refractivity contribution in [2.75, 3.05) is 0 Å². The predicted octanol–water partition coefficient (Wildman–Crippen LogP) is 3.35. The SMILES string of the molecule is CC1=C(C)CC(S(=O)(=O)c2ccccc2)CC1. The Morgan fingerprint density at radius 3 is 2.29 bits per heavy atom. The van der Waals surface area contributed by atoms with Crippen molar-refractivity contribution < 1.29 is 8.42 Å². The fraction of sp³-hybridized carbons (Fsp3) is 0.429. The average molecular weight is 250 g/mol. The van der Waals surface area contributed by atoms with Crippen LogP contribution in [0, 0.1) is 0 Å². The van der Waals surface area contributed by atoms with Gasteiger partial charge in [0.05, 0.1) is 10.1 Å². The lowest BCUT2D eigenvalue weighted by atomic mass is 9.94. The van der Waals surface area contributed by atoms with E-state index in [4.69, 9.17) is 0 Å². The van der Waals surface area contributed by atoms with Crippen LogP contribution in [0.25, 0.3) is 0 Å². The van der Waals surface area contributed by atoms with Gasteiger partial charge in [0.25, 0.3) is 0 Å². The van der Waals surface area contributed by atoms with Crippen molar-refractivity contribution in [3.63, 3.8) is 0 Å². The average Bonchev–Trinajstić information content (AvgIpc) is 2.33. The highest BCUT2D eigenvalue weighted by molar-refractivity contribution is 7.92. The Kier molecular flexibility index (Phi) is 3.38. The van der Waals surface area contributed by atoms with Gasteiger partial charge in [-0.1, -0.05) is 29.3 Å². The first-order valence-electron chi connectivity index (χ1n) is 5.96. The third kappa shape index (κ3) is 2.44. The van der Waals surface area contributed by atoms with Gasteiger partial charge >= 0.3 is 0 Å². The monoisotopic (exact) mass is 250 g/mol. The number of allylic oxidation sites excluding steroid dienone is 2. The van der Waals surface area contributed by atoms with E-state index < -0.39 is 9.84 Å². The van der Waals surface area contributed by atoms with E-state index in [9.17, 15) is 8.42 Å². The lowest BCUT2D eigenvalue weighted by Gasteiger charge is -2.24. The summed E-state index contributed by atoms with van der Waals surface area (Å²) in [6, 6.07) is 8.79. The summed E-state index contributed by atoms with van der Waals surface area (Å²) in [6.45, 7) is 4.14. The molecular weight excluding hydrogens is 232 g/mol. The summed E-state index contributed by atoms with van der Waals surface area (Å²) in [5.41, 5.74) is 2.59. The third-order valence-corrected chi connectivity index (χ3v) is 5.82. The Morgan fingerprint density at radius 1 is 1.06 bits per heavy atom. The molecule has 0 radical (unpaired) electrons. The summed E-state index contributed by atoms with van der Waals surface area (Å²) in [6.07, 6.45) is 2.34. The molecule has 0 spiro atoms. The highest BCUT2D eigenvalue weighted by atomic mass is 32.2. The number of rotatable bonds is 2. The van der Waals surface area contributed by atoms with Gasteiger partial charge in [-0.05, 0) is 45.2 Å². The molecule has 1 unspecified atom stereocenters. The molecule has 1 aromatic carbocycles. The molecule has 0 aromatic heterocycles. The number of hydrogen-bond acceptors (Lipinski definition) is 2. The predicted molar refractivity (Wildman–Crippen MR) is 69.6 cm³/mol. The fourth-order valence-electron chi connectivity index (χ4n) is 2.28. The fourth-order valence-corrected chi connectivity index (χ4v) is 4.10. The summed E-state index contributed by atoms with van der Waals surface area (Å²) in [5.74, 6) is 0. The first-order valence-corrected chi connectivity index (χ1v) is 7.50. The van der Waals surface area contributed by atoms with Crippen LogP contribution in [-0.2, 0) is 9.84 Å². The van der Waals surface area contributed by atoms with Crippen LogP contribution in [-0.4, -0.2) is 13.7 Å². The molecule has 2 rings (SSSR count). The number of hydrogen-bond donors (Lipinski definition) is 0. The molecular formula is C14H18O2S. The highest BCUT2D eigenvalue weighted by Gasteiger charge is 2.29. The van der Waals surface area contributed by atoms with Gasteiger partial charge in [-0.3, -0.25) is 0 Å². The first-order chi connectivity index (χ1) is 8.01. The molecule has 0 N–H and O–H groups in total. The molecule has 0 bridgehead atoms. The maximum atomic E-state index is 12.4. The van der Waals surface area contributed by atoms with Crippen LogP contribution in [0.4, 0.5) is 0 Å². The van der Waals surface area contributed by atoms with Gasteiger partial charge in [0.2, 0.25) is 0 Å². The minimum atomic E-state index is -3.15. The topological polar surface area (TPSA) is 34.1 Å². The van der Waals surface area contributed by atoms with E-state index in [2.05, 4.69) is 6.92 Å². The van der Waals surface area contributed by atoms with E-state index in [-0.39, 0.29) is 5.25 Å². The Bertz CT molecular complexity index is 527. The van der Waals surface area contributed by atoms with Crippen molar-refractivity contribution in [3.05, 3.63) is 41.5 Å². The lowest BCUT2D eigenvalue weighted by molar-refractivity contribution is 0.559. The summed E-state index contributed by atoms with van der Waals surface area (Å²) in [7, 11) is -3.15. The summed E-state index contributed by atoms with van der Waals surface area (Å²) in [5, 5.41) is -0.242. The number of benzene rings is 1. The van der Waals surface area contributed by atoms with Gasteiger partial charge in [-0.2, -0.15) is 0 Å². The van der Waals surface area contributed by atoms with E-state index in [0.29, 0.717) is 11.3 Å². The smallest absolute Gasteiger partial charge is 0.181 e. The zero-order chi connectivity index (χ0) is 12.5. The maximum Gasteiger partial charge on any atom is 0.181 e. The van der Waals surface area contributed by atoms with Crippen molar-refractivity contribution >= 4 is 9.84 Å². The summed E-state index contributed by atoms with van der Waals surface area (Å²) in [4.78, 5) is 0.456. The molecule has 0 fully saturated rings. The second kappa shape index (κ2) is 4.65. The largest absolute Gasteiger partial charge is 0.223 e. The molecule has 3 heteroatoms. The Hall–Kier alpha value is -1.09. The van der Waals surface area contributed by atoms with Crippen molar-refractivity contribution in [3.8, 4) is 0 Å². The summed E-state index contributed by atoms with van der Waals surface area (Å²) < 4.78 is 24.8. The van der Waals surface area contributed by atoms with Gasteiger partial charge in [-0.25, -0.2) is 8.42 Å². The van der Waals surface area contributed by atoms with Gasteiger partial charge in [0.15, 0.2) is 9.84 Å². The van der Waals surface area contributed by atoms with Gasteiger partial charge in [-0.15, -0.1) is 0 Å². The van der Waals surface area contributed by atoms with Crippen molar-refractivity contribution in [1.29, 1.82) is 0 Å². The standard InChI is InChI=1S/C14H18O2S/c1-11-8-9-14(10-12(11)2)17(15,16)13-6-4-3-5-7-13/h3-7,14H,8-10H2,1-2H3. The normalized spacial score (nSPS) is 21.6. The minimum absolute atomic E-state index is 0.242. The van der Waals surface area contributed by atoms with Crippen molar-refractivity contribution in [1.82, 2.24) is 0 Å². The number of sulfone groups is 1. The molecule has 1 aliphatic rings. The van der Waals surface area contributed by atoms with Gasteiger partial charge in [0.1, 0.15) is 0 Å². The second-order valence-electron chi connectivity index (χ2n) is 4.78. The first kappa shape index (κ1) is 12.4. The Labute approximate surface area is 103 Å². The molecule has 1 aliphatic carbocycles. The maximum absolute atomic E-state index is 12.4. The van der Waals surface area contributed by atoms with E-state index >= 15 is 0 Å². The molecule has 2 nitrogen and oxygen atoms in total. The molecule has 0 aliphatic heterocycles. The molecule has 92 valence electrons. The van der Waals surface area contributed by atoms with E-state index in [0.717, 1.165) is 12.8 Å². The van der Waals surface area contributed by atoms with Crippen molar-refractivity contribution in [2.24, 2.45) is 0 Å². The molecule has 0 amide bonds. The van der Waals surface area contributed by atoms with Crippen LogP contribution >= 0.6 is 0 Å². The van der Waals surface area contributed by atoms with Crippen LogP contribution in [0.1, 0.15) is 33.1 Å². The zero-order valence-electron chi connectivity index (χ0n) is 10.3. The third-order valence-electron chi connectivity index (χ3n) is 3.61. The van der Waals surface area contributed by atoms with Crippen LogP contribution in [0.15, 0.2) is 46.4 Å². The van der Waals surface area contributed by atoms with Crippen LogP contribution < -0.4 is 0 Å². The molecule has 1 aromatic rings. The zero-order valence-corrected chi connectivity index (χ0v) is 11.1. The van der Waals surface area contributed by atoms with Crippen molar-refractivity contribution in [2.45, 2.75) is 43.3 Å². The van der Waals surface area contributed by atoms with E-state index in [1.54, 1.807) is 24.3 Å². The Morgan fingerprint density at radius 2 is 1.71 bits per heavy atom. The van der Waals surface area contributed by atoms with E-state index in [1.807, 2.05) is 13.0 Å². The van der Waals surface area contributed by atoms with Crippen LogP contribution in [0.5, 0.6) is 0 Å². The molecule has 0 saturated heterocycles. The molecule has 0 saturated carbocycles. The molecule has 1 atom stereocenters. The van der Waals surface area contributed by atoms with E-state index in [1.165, 1.54) is 11.1 Å². The Balaban J connectivity index is 2.30. The second-order valence-corrected chi connectivity index (χ2v) is 7.01. The van der Waals surface area contributed by atoms with Crippen LogP contribution in [0.2, 0.25) is 0 Å². The van der Waals surface area contributed by atoms with Gasteiger partial charge in [0, 0.05) is 0 Å². The van der Waals surface area contributed by atoms with Crippen LogP contribution in [0.3, 0.4) is 0 Å². The summed E-state index contributed by atoms with van der Waals surface area (Å²) >= 11 is 0. The highest BCUT2D eigenvalue weighted by Crippen LogP contribution is 2.31.